The highest BCUT2D eigenvalue weighted by atomic mass is 35.5. The minimum absolute atomic E-state index is 0.165. The van der Waals surface area contributed by atoms with Crippen molar-refractivity contribution in [2.45, 2.75) is 5.88 Å². The fourth-order valence-corrected chi connectivity index (χ4v) is 1.63. The Kier molecular flexibility index (Phi) is 3.23. The Morgan fingerprint density at radius 1 is 1.53 bits per heavy atom. The van der Waals surface area contributed by atoms with Crippen LogP contribution in [-0.4, -0.2) is 36.3 Å². The number of anilines is 1. The zero-order valence-electron chi connectivity index (χ0n) is 8.20. The molecule has 0 radical (unpaired) electrons. The second kappa shape index (κ2) is 4.63. The van der Waals surface area contributed by atoms with Crippen LogP contribution in [0.15, 0.2) is 11.0 Å². The number of hydrogen-bond acceptors (Lipinski definition) is 4. The lowest BCUT2D eigenvalue weighted by Gasteiger charge is -2.26. The zero-order valence-corrected chi connectivity index (χ0v) is 8.96. The van der Waals surface area contributed by atoms with Crippen LogP contribution in [0.5, 0.6) is 0 Å². The lowest BCUT2D eigenvalue weighted by atomic mass is 10.4. The highest BCUT2D eigenvalue weighted by molar-refractivity contribution is 6.17. The first-order valence-electron chi connectivity index (χ1n) is 4.78. The molecular weight excluding hydrogens is 218 g/mol. The summed E-state index contributed by atoms with van der Waals surface area (Å²) in [4.78, 5) is 20.3. The first-order valence-corrected chi connectivity index (χ1v) is 5.31. The van der Waals surface area contributed by atoms with Crippen molar-refractivity contribution >= 4 is 17.5 Å². The van der Waals surface area contributed by atoms with Crippen molar-refractivity contribution in [3.05, 3.63) is 22.1 Å². The molecule has 0 bridgehead atoms. The van der Waals surface area contributed by atoms with Gasteiger partial charge in [-0.25, -0.2) is 4.98 Å². The fourth-order valence-electron chi connectivity index (χ4n) is 1.44. The second-order valence-corrected chi connectivity index (χ2v) is 3.56. The van der Waals surface area contributed by atoms with Gasteiger partial charge in [-0.2, -0.15) is 0 Å². The number of aromatic amines is 1. The molecule has 1 aromatic rings. The van der Waals surface area contributed by atoms with Crippen LogP contribution in [0.25, 0.3) is 0 Å². The van der Waals surface area contributed by atoms with E-state index in [1.165, 1.54) is 6.20 Å². The van der Waals surface area contributed by atoms with E-state index in [1.807, 2.05) is 4.90 Å². The lowest BCUT2D eigenvalue weighted by molar-refractivity contribution is 0.122. The first kappa shape index (κ1) is 10.4. The number of nitrogens with one attached hydrogen (secondary N) is 1. The summed E-state index contributed by atoms with van der Waals surface area (Å²) in [5.74, 6) is 0.781. The highest BCUT2D eigenvalue weighted by Gasteiger charge is 2.13. The van der Waals surface area contributed by atoms with Crippen LogP contribution in [0.3, 0.4) is 0 Å². The molecule has 2 heterocycles. The number of hydrogen-bond donors (Lipinski definition) is 1. The van der Waals surface area contributed by atoms with Crippen LogP contribution in [0, 0.1) is 0 Å². The number of nitrogens with zero attached hydrogens (tertiary/aromatic N) is 2. The average molecular weight is 230 g/mol. The Labute approximate surface area is 92.0 Å². The molecule has 1 N–H and O–H groups in total. The molecule has 1 aromatic heterocycles. The molecule has 6 heteroatoms. The molecule has 1 aliphatic rings. The van der Waals surface area contributed by atoms with Crippen molar-refractivity contribution in [1.29, 1.82) is 0 Å². The summed E-state index contributed by atoms with van der Waals surface area (Å²) in [5.41, 5.74) is 0.329. The van der Waals surface area contributed by atoms with E-state index in [1.54, 1.807) is 0 Å². The van der Waals surface area contributed by atoms with E-state index in [2.05, 4.69) is 9.97 Å². The van der Waals surface area contributed by atoms with Gasteiger partial charge in [-0.15, -0.1) is 11.6 Å². The minimum atomic E-state index is -0.165. The van der Waals surface area contributed by atoms with Crippen molar-refractivity contribution in [3.63, 3.8) is 0 Å². The van der Waals surface area contributed by atoms with Gasteiger partial charge in [0.2, 0.25) is 5.95 Å². The summed E-state index contributed by atoms with van der Waals surface area (Å²) in [7, 11) is 0. The van der Waals surface area contributed by atoms with Crippen molar-refractivity contribution in [2.24, 2.45) is 0 Å². The number of alkyl halides is 1. The normalized spacial score (nSPS) is 16.7. The Balaban J connectivity index is 2.21. The molecule has 1 saturated heterocycles. The SMILES string of the molecule is O=c1[nH]c(N2CCOCC2)ncc1CCl. The van der Waals surface area contributed by atoms with Gasteiger partial charge in [-0.1, -0.05) is 0 Å². The maximum Gasteiger partial charge on any atom is 0.256 e. The van der Waals surface area contributed by atoms with Crippen LogP contribution >= 0.6 is 11.6 Å². The highest BCUT2D eigenvalue weighted by Crippen LogP contribution is 2.07. The van der Waals surface area contributed by atoms with Gasteiger partial charge < -0.3 is 9.64 Å². The summed E-state index contributed by atoms with van der Waals surface area (Å²) >= 11 is 5.58. The number of aromatic nitrogens is 2. The third-order valence-corrected chi connectivity index (χ3v) is 2.60. The Morgan fingerprint density at radius 3 is 2.87 bits per heavy atom. The van der Waals surface area contributed by atoms with E-state index in [4.69, 9.17) is 16.3 Å². The number of ether oxygens (including phenoxy) is 1. The van der Waals surface area contributed by atoms with Crippen LogP contribution in [-0.2, 0) is 10.6 Å². The summed E-state index contributed by atoms with van der Waals surface area (Å²) in [5, 5.41) is 0. The van der Waals surface area contributed by atoms with Gasteiger partial charge in [0.05, 0.1) is 24.7 Å². The molecule has 1 aliphatic heterocycles. The summed E-state index contributed by atoms with van der Waals surface area (Å²) < 4.78 is 5.21. The molecule has 0 unspecified atom stereocenters. The number of morpholine rings is 1. The van der Waals surface area contributed by atoms with Gasteiger partial charge in [-0.3, -0.25) is 9.78 Å². The topological polar surface area (TPSA) is 58.2 Å². The van der Waals surface area contributed by atoms with E-state index in [-0.39, 0.29) is 11.4 Å². The molecule has 0 spiro atoms. The Hall–Kier alpha value is -1.07. The van der Waals surface area contributed by atoms with Gasteiger partial charge in [0.15, 0.2) is 0 Å². The molecule has 82 valence electrons. The van der Waals surface area contributed by atoms with E-state index in [0.29, 0.717) is 24.7 Å². The van der Waals surface area contributed by atoms with Gasteiger partial charge in [-0.05, 0) is 0 Å². The van der Waals surface area contributed by atoms with Crippen molar-refractivity contribution < 1.29 is 4.74 Å². The van der Waals surface area contributed by atoms with E-state index in [9.17, 15) is 4.79 Å². The van der Waals surface area contributed by atoms with Gasteiger partial charge >= 0.3 is 0 Å². The number of rotatable bonds is 2. The standard InChI is InChI=1S/C9H12ClN3O2/c10-5-7-6-11-9(12-8(7)14)13-1-3-15-4-2-13/h6H,1-5H2,(H,11,12,14). The molecule has 0 amide bonds. The quantitative estimate of drug-likeness (QED) is 0.744. The van der Waals surface area contributed by atoms with Gasteiger partial charge in [0, 0.05) is 19.3 Å². The summed E-state index contributed by atoms with van der Waals surface area (Å²) in [6.45, 7) is 2.84. The molecule has 15 heavy (non-hydrogen) atoms. The third-order valence-electron chi connectivity index (χ3n) is 2.31. The Bertz CT molecular complexity index is 387. The molecular formula is C9H12ClN3O2. The summed E-state index contributed by atoms with van der Waals surface area (Å²) in [6.07, 6.45) is 1.52. The second-order valence-electron chi connectivity index (χ2n) is 3.29. The molecule has 2 rings (SSSR count). The van der Waals surface area contributed by atoms with E-state index < -0.39 is 0 Å². The number of halogens is 1. The number of H-pyrrole nitrogens is 1. The fraction of sp³-hybridized carbons (Fsp3) is 0.556. The largest absolute Gasteiger partial charge is 0.378 e. The summed E-state index contributed by atoms with van der Waals surface area (Å²) in [6, 6.07) is 0. The zero-order chi connectivity index (χ0) is 10.7. The third kappa shape index (κ3) is 2.30. The smallest absolute Gasteiger partial charge is 0.256 e. The van der Waals surface area contributed by atoms with Crippen LogP contribution < -0.4 is 10.5 Å². The Morgan fingerprint density at radius 2 is 2.27 bits per heavy atom. The van der Waals surface area contributed by atoms with Crippen molar-refractivity contribution in [1.82, 2.24) is 9.97 Å². The first-order chi connectivity index (χ1) is 7.31. The molecule has 0 atom stereocenters. The van der Waals surface area contributed by atoms with Crippen molar-refractivity contribution in [3.8, 4) is 0 Å². The minimum Gasteiger partial charge on any atom is -0.378 e. The molecule has 0 aromatic carbocycles. The van der Waals surface area contributed by atoms with Crippen LogP contribution in [0.4, 0.5) is 5.95 Å². The van der Waals surface area contributed by atoms with Crippen LogP contribution in [0.2, 0.25) is 0 Å². The van der Waals surface area contributed by atoms with E-state index in [0.717, 1.165) is 13.1 Å². The monoisotopic (exact) mass is 229 g/mol. The van der Waals surface area contributed by atoms with Gasteiger partial charge in [0.1, 0.15) is 0 Å². The van der Waals surface area contributed by atoms with Crippen LogP contribution in [0.1, 0.15) is 5.56 Å². The molecule has 1 fully saturated rings. The van der Waals surface area contributed by atoms with Crippen molar-refractivity contribution in [2.75, 3.05) is 31.2 Å². The lowest BCUT2D eigenvalue weighted by Crippen LogP contribution is -2.38. The van der Waals surface area contributed by atoms with E-state index >= 15 is 0 Å². The molecule has 5 nitrogen and oxygen atoms in total. The maximum absolute atomic E-state index is 11.5. The molecule has 0 saturated carbocycles. The predicted octanol–water partition coefficient (Wildman–Crippen LogP) is 0.345. The maximum atomic E-state index is 11.5. The predicted molar refractivity (Wildman–Crippen MR) is 57.4 cm³/mol. The van der Waals surface area contributed by atoms with Gasteiger partial charge in [0.25, 0.3) is 5.56 Å². The molecule has 0 aliphatic carbocycles. The average Bonchev–Trinajstić information content (AvgIpc) is 2.30.